The third-order valence-corrected chi connectivity index (χ3v) is 3.78. The number of hydrogen-bond acceptors (Lipinski definition) is 3. The first kappa shape index (κ1) is 12.2. The molecule has 0 fully saturated rings. The number of hydrogen-bond donors (Lipinski definition) is 1. The van der Waals surface area contributed by atoms with E-state index < -0.39 is 0 Å². The molecule has 0 aromatic carbocycles. The summed E-state index contributed by atoms with van der Waals surface area (Å²) in [5.41, 5.74) is 2.17. The number of unbranched alkanes of at least 4 members (excludes halogenated alkanes) is 2. The Morgan fingerprint density at radius 2 is 2.32 bits per heavy atom. The van der Waals surface area contributed by atoms with E-state index in [0.717, 1.165) is 42.7 Å². The molecule has 100 valence electrons. The van der Waals surface area contributed by atoms with Crippen molar-refractivity contribution in [2.45, 2.75) is 39.2 Å². The van der Waals surface area contributed by atoms with Gasteiger partial charge in [0, 0.05) is 24.8 Å². The van der Waals surface area contributed by atoms with E-state index in [4.69, 9.17) is 0 Å². The van der Waals surface area contributed by atoms with E-state index in [2.05, 4.69) is 17.2 Å². The van der Waals surface area contributed by atoms with E-state index in [1.165, 1.54) is 18.4 Å². The van der Waals surface area contributed by atoms with Gasteiger partial charge in [0.05, 0.1) is 10.9 Å². The molecular formula is C15H19N3O. The molecule has 2 aromatic heterocycles. The Labute approximate surface area is 112 Å². The number of fused-ring (bicyclic) bond motifs is 2. The Balaban J connectivity index is 2.18. The Morgan fingerprint density at radius 3 is 3.16 bits per heavy atom. The standard InChI is InChI=1S/C15H19N3O/c1-2-3-4-6-11-13-12(7-5-8-16-13)15(19)18-10-9-17-14(11)18/h5,7-8,17H,2-4,6,9-10H2,1H3. The van der Waals surface area contributed by atoms with Gasteiger partial charge in [-0.05, 0) is 25.0 Å². The van der Waals surface area contributed by atoms with E-state index in [1.54, 1.807) is 6.20 Å². The van der Waals surface area contributed by atoms with Gasteiger partial charge in [-0.25, -0.2) is 0 Å². The number of nitrogens with zero attached hydrogens (tertiary/aromatic N) is 2. The fraction of sp³-hybridized carbons (Fsp3) is 0.467. The maximum absolute atomic E-state index is 12.4. The Bertz CT molecular complexity index is 660. The Kier molecular flexibility index (Phi) is 3.23. The number of aromatic nitrogens is 2. The summed E-state index contributed by atoms with van der Waals surface area (Å²) in [5.74, 6) is 0.993. The lowest BCUT2D eigenvalue weighted by Gasteiger charge is -2.12. The van der Waals surface area contributed by atoms with Crippen LogP contribution in [-0.4, -0.2) is 16.1 Å². The van der Waals surface area contributed by atoms with Crippen molar-refractivity contribution in [2.24, 2.45) is 0 Å². The van der Waals surface area contributed by atoms with Crippen molar-refractivity contribution in [2.75, 3.05) is 11.9 Å². The topological polar surface area (TPSA) is 46.9 Å². The van der Waals surface area contributed by atoms with Crippen LogP contribution in [0, 0.1) is 0 Å². The number of anilines is 1. The van der Waals surface area contributed by atoms with Gasteiger partial charge in [-0.15, -0.1) is 0 Å². The average Bonchev–Trinajstić information content (AvgIpc) is 2.92. The van der Waals surface area contributed by atoms with Crippen LogP contribution in [0.3, 0.4) is 0 Å². The molecule has 0 saturated heterocycles. The maximum atomic E-state index is 12.4. The predicted molar refractivity (Wildman–Crippen MR) is 77.7 cm³/mol. The number of pyridine rings is 2. The van der Waals surface area contributed by atoms with E-state index in [1.807, 2.05) is 16.7 Å². The Hall–Kier alpha value is -1.84. The molecule has 0 unspecified atom stereocenters. The second-order valence-electron chi connectivity index (χ2n) is 5.07. The molecule has 0 atom stereocenters. The average molecular weight is 257 g/mol. The van der Waals surface area contributed by atoms with Crippen molar-refractivity contribution < 1.29 is 0 Å². The summed E-state index contributed by atoms with van der Waals surface area (Å²) in [7, 11) is 0. The van der Waals surface area contributed by atoms with Crippen LogP contribution in [0.2, 0.25) is 0 Å². The highest BCUT2D eigenvalue weighted by Gasteiger charge is 2.20. The minimum Gasteiger partial charge on any atom is -0.369 e. The first-order valence-corrected chi connectivity index (χ1v) is 7.07. The van der Waals surface area contributed by atoms with Gasteiger partial charge < -0.3 is 5.32 Å². The summed E-state index contributed by atoms with van der Waals surface area (Å²) in [6.07, 6.45) is 6.33. The minimum atomic E-state index is 0.0855. The molecule has 0 radical (unpaired) electrons. The first-order chi connectivity index (χ1) is 9.33. The number of rotatable bonds is 4. The second kappa shape index (κ2) is 5.03. The fourth-order valence-corrected chi connectivity index (χ4v) is 2.83. The molecular weight excluding hydrogens is 238 g/mol. The maximum Gasteiger partial charge on any atom is 0.261 e. The lowest BCUT2D eigenvalue weighted by Crippen LogP contribution is -2.20. The van der Waals surface area contributed by atoms with Gasteiger partial charge in [0.2, 0.25) is 0 Å². The molecule has 3 rings (SSSR count). The van der Waals surface area contributed by atoms with Gasteiger partial charge in [0.1, 0.15) is 5.82 Å². The molecule has 1 aliphatic heterocycles. The van der Waals surface area contributed by atoms with Crippen LogP contribution in [0.15, 0.2) is 23.1 Å². The molecule has 1 aliphatic rings. The van der Waals surface area contributed by atoms with Gasteiger partial charge in [0.15, 0.2) is 0 Å². The minimum absolute atomic E-state index is 0.0855. The van der Waals surface area contributed by atoms with E-state index in [-0.39, 0.29) is 5.56 Å². The molecule has 0 saturated carbocycles. The Morgan fingerprint density at radius 1 is 1.42 bits per heavy atom. The number of nitrogens with one attached hydrogen (secondary N) is 1. The number of aryl methyl sites for hydroxylation is 1. The largest absolute Gasteiger partial charge is 0.369 e. The van der Waals surface area contributed by atoms with Gasteiger partial charge in [-0.2, -0.15) is 0 Å². The fourth-order valence-electron chi connectivity index (χ4n) is 2.83. The highest BCUT2D eigenvalue weighted by atomic mass is 16.1. The monoisotopic (exact) mass is 257 g/mol. The van der Waals surface area contributed by atoms with Crippen molar-refractivity contribution in [1.29, 1.82) is 0 Å². The van der Waals surface area contributed by atoms with E-state index in [0.29, 0.717) is 0 Å². The zero-order chi connectivity index (χ0) is 13.2. The molecule has 0 spiro atoms. The van der Waals surface area contributed by atoms with Crippen LogP contribution in [0.4, 0.5) is 5.82 Å². The summed E-state index contributed by atoms with van der Waals surface area (Å²) in [6.45, 7) is 3.81. The molecule has 3 heterocycles. The molecule has 19 heavy (non-hydrogen) atoms. The lowest BCUT2D eigenvalue weighted by molar-refractivity contribution is 0.713. The van der Waals surface area contributed by atoms with Crippen LogP contribution < -0.4 is 10.9 Å². The third kappa shape index (κ3) is 2.01. The van der Waals surface area contributed by atoms with Crippen LogP contribution in [0.25, 0.3) is 10.9 Å². The zero-order valence-corrected chi connectivity index (χ0v) is 11.3. The van der Waals surface area contributed by atoms with Gasteiger partial charge in [-0.3, -0.25) is 14.3 Å². The van der Waals surface area contributed by atoms with Crippen LogP contribution in [0.1, 0.15) is 31.7 Å². The smallest absolute Gasteiger partial charge is 0.261 e. The summed E-state index contributed by atoms with van der Waals surface area (Å²) >= 11 is 0. The molecule has 0 amide bonds. The van der Waals surface area contributed by atoms with Crippen LogP contribution in [0.5, 0.6) is 0 Å². The molecule has 4 nitrogen and oxygen atoms in total. The predicted octanol–water partition coefficient (Wildman–Crippen LogP) is 2.55. The normalized spacial score (nSPS) is 13.5. The van der Waals surface area contributed by atoms with Crippen molar-refractivity contribution in [1.82, 2.24) is 9.55 Å². The van der Waals surface area contributed by atoms with Crippen molar-refractivity contribution in [3.05, 3.63) is 34.2 Å². The molecule has 1 N–H and O–H groups in total. The van der Waals surface area contributed by atoms with Gasteiger partial charge in [-0.1, -0.05) is 19.8 Å². The molecule has 0 bridgehead atoms. The van der Waals surface area contributed by atoms with Gasteiger partial charge in [0.25, 0.3) is 5.56 Å². The molecule has 4 heteroatoms. The highest BCUT2D eigenvalue weighted by Crippen LogP contribution is 2.26. The van der Waals surface area contributed by atoms with Crippen LogP contribution in [-0.2, 0) is 13.0 Å². The van der Waals surface area contributed by atoms with Crippen molar-refractivity contribution in [3.8, 4) is 0 Å². The first-order valence-electron chi connectivity index (χ1n) is 7.07. The van der Waals surface area contributed by atoms with E-state index >= 15 is 0 Å². The highest BCUT2D eigenvalue weighted by molar-refractivity contribution is 5.85. The summed E-state index contributed by atoms with van der Waals surface area (Å²) in [5, 5.41) is 4.10. The van der Waals surface area contributed by atoms with E-state index in [9.17, 15) is 4.79 Å². The lowest BCUT2D eigenvalue weighted by atomic mass is 10.0. The summed E-state index contributed by atoms with van der Waals surface area (Å²) in [4.78, 5) is 16.8. The molecule has 2 aromatic rings. The summed E-state index contributed by atoms with van der Waals surface area (Å²) in [6, 6.07) is 3.73. The van der Waals surface area contributed by atoms with Gasteiger partial charge >= 0.3 is 0 Å². The van der Waals surface area contributed by atoms with Crippen LogP contribution >= 0.6 is 0 Å². The third-order valence-electron chi connectivity index (χ3n) is 3.78. The zero-order valence-electron chi connectivity index (χ0n) is 11.3. The quantitative estimate of drug-likeness (QED) is 0.856. The van der Waals surface area contributed by atoms with Crippen molar-refractivity contribution in [3.63, 3.8) is 0 Å². The summed E-state index contributed by atoms with van der Waals surface area (Å²) < 4.78 is 1.87. The second-order valence-corrected chi connectivity index (χ2v) is 5.07. The van der Waals surface area contributed by atoms with Crippen molar-refractivity contribution >= 4 is 16.7 Å². The SMILES string of the molecule is CCCCCc1c2n(c(=O)c3cccnc13)CCN2. The molecule has 0 aliphatic carbocycles.